The predicted molar refractivity (Wildman–Crippen MR) is 61.3 cm³/mol. The van der Waals surface area contributed by atoms with Crippen molar-refractivity contribution in [3.63, 3.8) is 0 Å². The summed E-state index contributed by atoms with van der Waals surface area (Å²) in [4.78, 5) is 34.2. The number of urea groups is 1. The van der Waals surface area contributed by atoms with E-state index in [2.05, 4.69) is 5.32 Å². The number of nitrogens with two attached hydrogens (primary N) is 1. The van der Waals surface area contributed by atoms with Crippen molar-refractivity contribution < 1.29 is 19.5 Å². The first-order valence-corrected chi connectivity index (χ1v) is 5.31. The maximum atomic E-state index is 11.7. The number of nitrogens with zero attached hydrogens (tertiary/aromatic N) is 1. The van der Waals surface area contributed by atoms with E-state index in [0.717, 1.165) is 0 Å². The smallest absolute Gasteiger partial charge is 0.318 e. The number of carboxylic acids is 1. The molecule has 0 aromatic carbocycles. The molecule has 0 fully saturated rings. The molecule has 0 aliphatic rings. The highest BCUT2D eigenvalue weighted by Gasteiger charge is 2.20. The number of nitrogens with one attached hydrogen (secondary N) is 1. The molecule has 3 amide bonds. The minimum absolute atomic E-state index is 0.172. The quantitative estimate of drug-likeness (QED) is 0.599. The largest absolute Gasteiger partial charge is 0.481 e. The minimum Gasteiger partial charge on any atom is -0.481 e. The fourth-order valence-electron chi connectivity index (χ4n) is 1.26. The van der Waals surface area contributed by atoms with Crippen molar-refractivity contribution in [1.29, 1.82) is 0 Å². The van der Waals surface area contributed by atoms with Gasteiger partial charge < -0.3 is 21.1 Å². The molecule has 0 spiro atoms. The Balaban J connectivity index is 4.42. The zero-order valence-electron chi connectivity index (χ0n) is 10.3. The molecule has 0 aromatic rings. The molecule has 0 saturated carbocycles. The maximum absolute atomic E-state index is 11.7. The number of rotatable bonds is 6. The Bertz CT molecular complexity index is 304. The summed E-state index contributed by atoms with van der Waals surface area (Å²) in [5.41, 5.74) is 5.03. The molecule has 17 heavy (non-hydrogen) atoms. The van der Waals surface area contributed by atoms with E-state index in [9.17, 15) is 14.4 Å². The van der Waals surface area contributed by atoms with Crippen molar-refractivity contribution in [1.82, 2.24) is 10.2 Å². The molecule has 0 radical (unpaired) electrons. The Hall–Kier alpha value is -1.79. The number of hydrogen-bond donors (Lipinski definition) is 3. The fourth-order valence-corrected chi connectivity index (χ4v) is 1.26. The molecule has 4 N–H and O–H groups in total. The van der Waals surface area contributed by atoms with Gasteiger partial charge >= 0.3 is 12.0 Å². The average molecular weight is 245 g/mol. The Morgan fingerprint density at radius 2 is 1.82 bits per heavy atom. The number of hydrogen-bond acceptors (Lipinski definition) is 3. The summed E-state index contributed by atoms with van der Waals surface area (Å²) in [6, 6.07) is -1.19. The van der Waals surface area contributed by atoms with E-state index in [1.807, 2.05) is 0 Å². The van der Waals surface area contributed by atoms with Crippen molar-refractivity contribution in [3.05, 3.63) is 0 Å². The second-order valence-corrected chi connectivity index (χ2v) is 4.14. The van der Waals surface area contributed by atoms with Crippen LogP contribution in [-0.2, 0) is 9.59 Å². The van der Waals surface area contributed by atoms with Gasteiger partial charge in [0.1, 0.15) is 6.54 Å². The normalized spacial score (nSPS) is 12.0. The number of carbonyl (C=O) groups is 3. The second kappa shape index (κ2) is 6.72. The van der Waals surface area contributed by atoms with Crippen LogP contribution in [0.1, 0.15) is 27.2 Å². The topological polar surface area (TPSA) is 113 Å². The average Bonchev–Trinajstić information content (AvgIpc) is 2.11. The first-order chi connectivity index (χ1) is 7.73. The number of aliphatic carboxylic acids is 1. The third kappa shape index (κ3) is 6.39. The van der Waals surface area contributed by atoms with Crippen LogP contribution >= 0.6 is 0 Å². The highest BCUT2D eigenvalue weighted by Crippen LogP contribution is 2.00. The van der Waals surface area contributed by atoms with Crippen LogP contribution in [0.25, 0.3) is 0 Å². The van der Waals surface area contributed by atoms with Crippen LogP contribution in [-0.4, -0.2) is 46.5 Å². The third-order valence-corrected chi connectivity index (χ3v) is 2.06. The van der Waals surface area contributed by atoms with Crippen LogP contribution in [0.4, 0.5) is 4.79 Å². The van der Waals surface area contributed by atoms with Crippen LogP contribution in [0.3, 0.4) is 0 Å². The van der Waals surface area contributed by atoms with Crippen LogP contribution in [0.15, 0.2) is 0 Å². The van der Waals surface area contributed by atoms with Gasteiger partial charge in [0.05, 0.1) is 6.42 Å². The predicted octanol–water partition coefficient (Wildman–Crippen LogP) is -0.245. The summed E-state index contributed by atoms with van der Waals surface area (Å²) in [5.74, 6) is -1.61. The number of carbonyl (C=O) groups excluding carboxylic acids is 2. The lowest BCUT2D eigenvalue weighted by Gasteiger charge is -2.27. The molecular weight excluding hydrogens is 226 g/mol. The Labute approximate surface area is 100.0 Å². The molecule has 7 heteroatoms. The lowest BCUT2D eigenvalue weighted by atomic mass is 10.2. The molecule has 7 nitrogen and oxygen atoms in total. The van der Waals surface area contributed by atoms with Gasteiger partial charge in [-0.2, -0.15) is 0 Å². The molecule has 0 aliphatic heterocycles. The lowest BCUT2D eigenvalue weighted by Crippen LogP contribution is -2.50. The second-order valence-electron chi connectivity index (χ2n) is 4.14. The highest BCUT2D eigenvalue weighted by molar-refractivity contribution is 5.83. The molecule has 0 bridgehead atoms. The van der Waals surface area contributed by atoms with Gasteiger partial charge in [-0.3, -0.25) is 9.59 Å². The van der Waals surface area contributed by atoms with E-state index in [-0.39, 0.29) is 19.0 Å². The van der Waals surface area contributed by atoms with Crippen LogP contribution in [0, 0.1) is 0 Å². The van der Waals surface area contributed by atoms with Gasteiger partial charge in [-0.1, -0.05) is 0 Å². The van der Waals surface area contributed by atoms with E-state index in [1.165, 1.54) is 4.90 Å². The van der Waals surface area contributed by atoms with Gasteiger partial charge in [0.25, 0.3) is 0 Å². The van der Waals surface area contributed by atoms with Gasteiger partial charge in [-0.25, -0.2) is 4.79 Å². The van der Waals surface area contributed by atoms with Crippen molar-refractivity contribution in [2.24, 2.45) is 5.73 Å². The van der Waals surface area contributed by atoms with Gasteiger partial charge in [0.2, 0.25) is 5.91 Å². The molecule has 1 atom stereocenters. The first-order valence-electron chi connectivity index (χ1n) is 5.31. The summed E-state index contributed by atoms with van der Waals surface area (Å²) < 4.78 is 0. The molecule has 98 valence electrons. The molecule has 1 unspecified atom stereocenters. The van der Waals surface area contributed by atoms with E-state index in [0.29, 0.717) is 0 Å². The van der Waals surface area contributed by atoms with E-state index in [4.69, 9.17) is 10.8 Å². The standard InChI is InChI=1S/C10H19N3O4/c1-6(2)13(5-8(11)14)10(17)12-7(3)4-9(15)16/h6-7H,4-5H2,1-3H3,(H2,11,14)(H,12,17)(H,15,16). The SMILES string of the molecule is CC(CC(=O)O)NC(=O)N(CC(N)=O)C(C)C. The number of primary amides is 1. The van der Waals surface area contributed by atoms with Crippen molar-refractivity contribution >= 4 is 17.9 Å². The van der Waals surface area contributed by atoms with Gasteiger partial charge in [0.15, 0.2) is 0 Å². The van der Waals surface area contributed by atoms with Gasteiger partial charge in [-0.05, 0) is 20.8 Å². The lowest BCUT2D eigenvalue weighted by molar-refractivity contribution is -0.137. The van der Waals surface area contributed by atoms with Gasteiger partial charge in [-0.15, -0.1) is 0 Å². The van der Waals surface area contributed by atoms with Crippen LogP contribution < -0.4 is 11.1 Å². The Kier molecular flexibility index (Phi) is 6.01. The number of carboxylic acid groups (broad SMARTS) is 1. The third-order valence-electron chi connectivity index (χ3n) is 2.06. The summed E-state index contributed by atoms with van der Waals surface area (Å²) >= 11 is 0. The zero-order chi connectivity index (χ0) is 13.6. The molecule has 0 rings (SSSR count). The monoisotopic (exact) mass is 245 g/mol. The summed E-state index contributed by atoms with van der Waals surface area (Å²) in [7, 11) is 0. The van der Waals surface area contributed by atoms with Crippen molar-refractivity contribution in [2.45, 2.75) is 39.3 Å². The van der Waals surface area contributed by atoms with Crippen molar-refractivity contribution in [3.8, 4) is 0 Å². The summed E-state index contributed by atoms with van der Waals surface area (Å²) in [6.45, 7) is 4.87. The molecule has 0 heterocycles. The first kappa shape index (κ1) is 15.2. The van der Waals surface area contributed by atoms with E-state index in [1.54, 1.807) is 20.8 Å². The van der Waals surface area contributed by atoms with Crippen LogP contribution in [0.5, 0.6) is 0 Å². The van der Waals surface area contributed by atoms with E-state index < -0.39 is 23.9 Å². The van der Waals surface area contributed by atoms with Crippen LogP contribution in [0.2, 0.25) is 0 Å². The minimum atomic E-state index is -0.996. The summed E-state index contributed by atoms with van der Waals surface area (Å²) in [5, 5.41) is 11.0. The zero-order valence-corrected chi connectivity index (χ0v) is 10.3. The number of amides is 3. The Morgan fingerprint density at radius 1 is 1.29 bits per heavy atom. The van der Waals surface area contributed by atoms with E-state index >= 15 is 0 Å². The molecule has 0 aliphatic carbocycles. The molecule has 0 aromatic heterocycles. The Morgan fingerprint density at radius 3 is 2.18 bits per heavy atom. The summed E-state index contributed by atoms with van der Waals surface area (Å²) in [6.07, 6.45) is -0.172. The molecule has 0 saturated heterocycles. The fraction of sp³-hybridized carbons (Fsp3) is 0.700. The van der Waals surface area contributed by atoms with Gasteiger partial charge in [0, 0.05) is 12.1 Å². The highest BCUT2D eigenvalue weighted by atomic mass is 16.4. The van der Waals surface area contributed by atoms with Crippen molar-refractivity contribution in [2.75, 3.05) is 6.54 Å². The maximum Gasteiger partial charge on any atom is 0.318 e. The molecular formula is C10H19N3O4.